The number of hydrogen-bond donors (Lipinski definition) is 0. The molecule has 0 saturated carbocycles. The highest BCUT2D eigenvalue weighted by Gasteiger charge is 2.36. The minimum atomic E-state index is -3.50. The molecule has 1 aliphatic heterocycles. The summed E-state index contributed by atoms with van der Waals surface area (Å²) in [5.74, 6) is 0.996. The largest absolute Gasteiger partial charge is 0.243 e. The zero-order valence-corrected chi connectivity index (χ0v) is 14.2. The van der Waals surface area contributed by atoms with Crippen molar-refractivity contribution in [2.24, 2.45) is 11.8 Å². The molecule has 0 bridgehead atoms. The molecule has 0 aliphatic carbocycles. The van der Waals surface area contributed by atoms with Crippen molar-refractivity contribution in [2.75, 3.05) is 13.1 Å². The molecule has 1 aromatic rings. The fraction of sp³-hybridized carbons (Fsp3) is 0.571. The molecule has 1 heterocycles. The third-order valence-corrected chi connectivity index (χ3v) is 6.61. The molecule has 2 unspecified atom stereocenters. The molecule has 1 aliphatic rings. The van der Waals surface area contributed by atoms with Crippen LogP contribution in [0.2, 0.25) is 5.02 Å². The topological polar surface area (TPSA) is 37.4 Å². The van der Waals surface area contributed by atoms with Crippen molar-refractivity contribution in [1.29, 1.82) is 0 Å². The van der Waals surface area contributed by atoms with E-state index in [1.165, 1.54) is 6.07 Å². The number of rotatable bonds is 3. The van der Waals surface area contributed by atoms with Crippen molar-refractivity contribution in [1.82, 2.24) is 4.31 Å². The maximum absolute atomic E-state index is 12.8. The summed E-state index contributed by atoms with van der Waals surface area (Å²) in [5, 5.41) is 0.408. The summed E-state index contributed by atoms with van der Waals surface area (Å²) in [6.07, 6.45) is 0. The van der Waals surface area contributed by atoms with Gasteiger partial charge in [0.05, 0.1) is 4.90 Å². The maximum Gasteiger partial charge on any atom is 0.243 e. The fourth-order valence-electron chi connectivity index (χ4n) is 2.53. The predicted octanol–water partition coefficient (Wildman–Crippen LogP) is 3.66. The molecule has 2 rings (SSSR count). The van der Waals surface area contributed by atoms with Gasteiger partial charge in [-0.3, -0.25) is 0 Å². The lowest BCUT2D eigenvalue weighted by molar-refractivity contribution is 0.462. The molecule has 20 heavy (non-hydrogen) atoms. The summed E-state index contributed by atoms with van der Waals surface area (Å²) >= 11 is 11.9. The van der Waals surface area contributed by atoms with Crippen molar-refractivity contribution in [3.63, 3.8) is 0 Å². The molecule has 1 saturated heterocycles. The summed E-state index contributed by atoms with van der Waals surface area (Å²) in [6, 6.07) is 3.24. The van der Waals surface area contributed by atoms with Crippen LogP contribution in [-0.2, 0) is 15.9 Å². The van der Waals surface area contributed by atoms with Crippen LogP contribution >= 0.6 is 23.2 Å². The average Bonchev–Trinajstić information content (AvgIpc) is 2.72. The van der Waals surface area contributed by atoms with Crippen molar-refractivity contribution >= 4 is 33.2 Å². The van der Waals surface area contributed by atoms with E-state index >= 15 is 0 Å². The summed E-state index contributed by atoms with van der Waals surface area (Å²) in [7, 11) is -3.50. The molecule has 112 valence electrons. The number of sulfonamides is 1. The van der Waals surface area contributed by atoms with Crippen LogP contribution in [0.4, 0.5) is 0 Å². The second kappa shape index (κ2) is 5.84. The first-order chi connectivity index (χ1) is 9.27. The molecule has 0 N–H and O–H groups in total. The van der Waals surface area contributed by atoms with Crippen molar-refractivity contribution in [3.05, 3.63) is 28.3 Å². The van der Waals surface area contributed by atoms with E-state index in [2.05, 4.69) is 13.8 Å². The Morgan fingerprint density at radius 1 is 1.25 bits per heavy atom. The Morgan fingerprint density at radius 2 is 1.80 bits per heavy atom. The lowest BCUT2D eigenvalue weighted by atomic mass is 10.0. The molecule has 3 nitrogen and oxygen atoms in total. The van der Waals surface area contributed by atoms with Gasteiger partial charge in [0.25, 0.3) is 0 Å². The van der Waals surface area contributed by atoms with Gasteiger partial charge >= 0.3 is 0 Å². The van der Waals surface area contributed by atoms with Crippen LogP contribution in [0.1, 0.15) is 25.0 Å². The van der Waals surface area contributed by atoms with Gasteiger partial charge in [0.15, 0.2) is 0 Å². The van der Waals surface area contributed by atoms with Gasteiger partial charge in [0, 0.05) is 24.0 Å². The zero-order valence-electron chi connectivity index (χ0n) is 11.9. The van der Waals surface area contributed by atoms with Gasteiger partial charge in [-0.1, -0.05) is 25.4 Å². The molecule has 6 heteroatoms. The van der Waals surface area contributed by atoms with E-state index in [4.69, 9.17) is 23.2 Å². The third kappa shape index (κ3) is 2.84. The standard InChI is InChI=1S/C14H19Cl2NO2S/c1-9-7-17(8-10(9)2)20(18,19)14-5-13(16)4-12(6-15)11(14)3/h4-5,9-10H,6-8H2,1-3H3. The van der Waals surface area contributed by atoms with Gasteiger partial charge in [-0.2, -0.15) is 4.31 Å². The first-order valence-electron chi connectivity index (χ1n) is 6.62. The highest BCUT2D eigenvalue weighted by molar-refractivity contribution is 7.89. The van der Waals surface area contributed by atoms with E-state index in [9.17, 15) is 8.42 Å². The van der Waals surface area contributed by atoms with Crippen LogP contribution in [0.15, 0.2) is 17.0 Å². The first kappa shape index (κ1) is 16.1. The van der Waals surface area contributed by atoms with Gasteiger partial charge in [0.2, 0.25) is 10.0 Å². The normalized spacial score (nSPS) is 24.2. The second-order valence-electron chi connectivity index (χ2n) is 5.60. The second-order valence-corrected chi connectivity index (χ2v) is 8.21. The molecule has 0 radical (unpaired) electrons. The van der Waals surface area contributed by atoms with Gasteiger partial charge in [-0.05, 0) is 42.0 Å². The summed E-state index contributed by atoms with van der Waals surface area (Å²) in [6.45, 7) is 7.06. The van der Waals surface area contributed by atoms with Crippen LogP contribution in [0.5, 0.6) is 0 Å². The van der Waals surface area contributed by atoms with E-state index in [0.717, 1.165) is 5.56 Å². The highest BCUT2D eigenvalue weighted by atomic mass is 35.5. The maximum atomic E-state index is 12.8. The zero-order chi connectivity index (χ0) is 15.1. The lowest BCUT2D eigenvalue weighted by Crippen LogP contribution is -2.29. The Labute approximate surface area is 130 Å². The minimum Gasteiger partial charge on any atom is -0.207 e. The molecular formula is C14H19Cl2NO2S. The molecular weight excluding hydrogens is 317 g/mol. The molecule has 1 fully saturated rings. The Balaban J connectivity index is 2.48. The van der Waals surface area contributed by atoms with Gasteiger partial charge in [-0.15, -0.1) is 11.6 Å². The first-order valence-corrected chi connectivity index (χ1v) is 8.97. The number of alkyl halides is 1. The fourth-order valence-corrected chi connectivity index (χ4v) is 5.04. The van der Waals surface area contributed by atoms with Gasteiger partial charge < -0.3 is 0 Å². The molecule has 0 amide bonds. The molecule has 2 atom stereocenters. The molecule has 1 aromatic carbocycles. The summed E-state index contributed by atoms with van der Waals surface area (Å²) in [4.78, 5) is 0.280. The Bertz CT molecular complexity index is 606. The predicted molar refractivity (Wildman–Crippen MR) is 82.8 cm³/mol. The monoisotopic (exact) mass is 335 g/mol. The van der Waals surface area contributed by atoms with Crippen LogP contribution < -0.4 is 0 Å². The van der Waals surface area contributed by atoms with Crippen LogP contribution in [0, 0.1) is 18.8 Å². The highest BCUT2D eigenvalue weighted by Crippen LogP contribution is 2.32. The van der Waals surface area contributed by atoms with Crippen molar-refractivity contribution in [3.8, 4) is 0 Å². The number of hydrogen-bond acceptors (Lipinski definition) is 2. The van der Waals surface area contributed by atoms with E-state index < -0.39 is 10.0 Å². The van der Waals surface area contributed by atoms with Crippen LogP contribution in [-0.4, -0.2) is 25.8 Å². The van der Waals surface area contributed by atoms with Crippen molar-refractivity contribution < 1.29 is 8.42 Å². The third-order valence-electron chi connectivity index (χ3n) is 4.15. The minimum absolute atomic E-state index is 0.252. The quantitative estimate of drug-likeness (QED) is 0.790. The van der Waals surface area contributed by atoms with Crippen LogP contribution in [0.3, 0.4) is 0 Å². The van der Waals surface area contributed by atoms with Gasteiger partial charge in [-0.25, -0.2) is 8.42 Å². The summed E-state index contributed by atoms with van der Waals surface area (Å²) in [5.41, 5.74) is 1.45. The SMILES string of the molecule is Cc1c(CCl)cc(Cl)cc1S(=O)(=O)N1CC(C)C(C)C1. The van der Waals surface area contributed by atoms with E-state index in [1.807, 2.05) is 0 Å². The van der Waals surface area contributed by atoms with Gasteiger partial charge in [0.1, 0.15) is 0 Å². The Hall–Kier alpha value is -0.290. The van der Waals surface area contributed by atoms with E-state index in [1.54, 1.807) is 17.3 Å². The van der Waals surface area contributed by atoms with Crippen molar-refractivity contribution in [2.45, 2.75) is 31.5 Å². The number of nitrogens with zero attached hydrogens (tertiary/aromatic N) is 1. The smallest absolute Gasteiger partial charge is 0.207 e. The average molecular weight is 336 g/mol. The van der Waals surface area contributed by atoms with E-state index in [-0.39, 0.29) is 10.8 Å². The Morgan fingerprint density at radius 3 is 2.30 bits per heavy atom. The van der Waals surface area contributed by atoms with E-state index in [0.29, 0.717) is 35.5 Å². The molecule has 0 spiro atoms. The molecule has 0 aromatic heterocycles. The summed E-state index contributed by atoms with van der Waals surface area (Å²) < 4.78 is 27.1. The van der Waals surface area contributed by atoms with Crippen LogP contribution in [0.25, 0.3) is 0 Å². The number of benzene rings is 1. The lowest BCUT2D eigenvalue weighted by Gasteiger charge is -2.19. The Kier molecular flexibility index (Phi) is 4.69. The number of halogens is 2.